The van der Waals surface area contributed by atoms with Crippen LogP contribution in [0.15, 0.2) is 11.6 Å². The number of hydrogen-bond acceptors (Lipinski definition) is 3. The summed E-state index contributed by atoms with van der Waals surface area (Å²) in [6.07, 6.45) is 1.98. The van der Waals surface area contributed by atoms with E-state index in [0.717, 1.165) is 0 Å². The molecule has 0 heterocycles. The molecule has 0 spiro atoms. The molecule has 0 fully saturated rings. The number of carboxylic acid groups (broad SMARTS) is 1. The van der Waals surface area contributed by atoms with Gasteiger partial charge in [-0.1, -0.05) is 6.08 Å². The number of allylic oxidation sites excluding steroid dienone is 1. The molecule has 5 nitrogen and oxygen atoms in total. The molecule has 0 amide bonds. The van der Waals surface area contributed by atoms with Gasteiger partial charge in [-0.2, -0.15) is 8.42 Å². The fourth-order valence-corrected chi connectivity index (χ4v) is 1.20. The Morgan fingerprint density at radius 3 is 2.29 bits per heavy atom. The molecule has 0 aliphatic carbocycles. The van der Waals surface area contributed by atoms with Crippen molar-refractivity contribution in [1.29, 1.82) is 0 Å². The van der Waals surface area contributed by atoms with Crippen molar-refractivity contribution in [3.63, 3.8) is 0 Å². The fraction of sp³-hybridized carbons (Fsp3) is 0.571. The molecule has 0 unspecified atom stereocenters. The summed E-state index contributed by atoms with van der Waals surface area (Å²) in [5.41, 5.74) is 0.176. The Kier molecular flexibility index (Phi) is 9.77. The van der Waals surface area contributed by atoms with E-state index >= 15 is 0 Å². The average Bonchev–Trinajstić information content (AvgIpc) is 1.95. The van der Waals surface area contributed by atoms with Crippen LogP contribution in [0.25, 0.3) is 0 Å². The topological polar surface area (TPSA) is 91.7 Å². The van der Waals surface area contributed by atoms with Crippen LogP contribution >= 0.6 is 0 Å². The molecule has 0 aromatic rings. The Morgan fingerprint density at radius 2 is 1.93 bits per heavy atom. The van der Waals surface area contributed by atoms with Gasteiger partial charge in [-0.15, -0.1) is 0 Å². The maximum absolute atomic E-state index is 10.3. The van der Waals surface area contributed by atoms with Crippen molar-refractivity contribution in [1.82, 2.24) is 0 Å². The summed E-state index contributed by atoms with van der Waals surface area (Å²) in [5, 5.41) is 8.41. The van der Waals surface area contributed by atoms with Gasteiger partial charge in [-0.05, 0) is 19.8 Å². The Bertz CT molecular complexity index is 306. The van der Waals surface area contributed by atoms with Crippen LogP contribution < -0.4 is 0 Å². The summed E-state index contributed by atoms with van der Waals surface area (Å²) in [6.45, 7) is 1.43. The molecule has 78 valence electrons. The summed E-state index contributed by atoms with van der Waals surface area (Å²) in [7, 11) is -3.92. The zero-order chi connectivity index (χ0) is 10.5. The Labute approximate surface area is 126 Å². The van der Waals surface area contributed by atoms with Gasteiger partial charge >= 0.3 is 57.4 Å². The van der Waals surface area contributed by atoms with E-state index < -0.39 is 16.1 Å². The SMILES string of the molecule is C/C(=C\CCCS(=O)(=O)O)C(=O)O.[KH]. The quantitative estimate of drug-likeness (QED) is 0.310. The van der Waals surface area contributed by atoms with E-state index in [-0.39, 0.29) is 69.1 Å². The summed E-state index contributed by atoms with van der Waals surface area (Å²) in [6, 6.07) is 0. The molecule has 0 radical (unpaired) electrons. The van der Waals surface area contributed by atoms with Crippen LogP contribution in [0.4, 0.5) is 0 Å². The summed E-state index contributed by atoms with van der Waals surface area (Å²) in [4.78, 5) is 10.3. The van der Waals surface area contributed by atoms with E-state index in [9.17, 15) is 13.2 Å². The molecular formula is C7H13KO5S. The first kappa shape index (κ1) is 17.2. The molecule has 0 aromatic carbocycles. The van der Waals surface area contributed by atoms with Crippen LogP contribution in [-0.4, -0.2) is 81.2 Å². The number of unbranched alkanes of at least 4 members (excludes halogenated alkanes) is 1. The van der Waals surface area contributed by atoms with E-state index in [1.54, 1.807) is 0 Å². The van der Waals surface area contributed by atoms with Crippen molar-refractivity contribution in [2.45, 2.75) is 19.8 Å². The standard InChI is InChI=1S/C7H12O5S.K.H/c1-6(7(8)9)4-2-3-5-13(10,11)12;;/h4H,2-3,5H2,1H3,(H,8,9)(H,10,11,12);;/b6-4+;;. The molecule has 0 saturated heterocycles. The second kappa shape index (κ2) is 7.97. The monoisotopic (exact) mass is 248 g/mol. The van der Waals surface area contributed by atoms with Crippen LogP contribution in [0, 0.1) is 0 Å². The van der Waals surface area contributed by atoms with Crippen molar-refractivity contribution in [2.75, 3.05) is 5.75 Å². The normalized spacial score (nSPS) is 12.0. The Morgan fingerprint density at radius 1 is 1.43 bits per heavy atom. The van der Waals surface area contributed by atoms with Gasteiger partial charge in [0.1, 0.15) is 0 Å². The molecule has 14 heavy (non-hydrogen) atoms. The van der Waals surface area contributed by atoms with E-state index in [0.29, 0.717) is 6.42 Å². The van der Waals surface area contributed by atoms with Crippen LogP contribution in [0.1, 0.15) is 19.8 Å². The number of hydrogen-bond donors (Lipinski definition) is 2. The van der Waals surface area contributed by atoms with Crippen molar-refractivity contribution in [2.24, 2.45) is 0 Å². The van der Waals surface area contributed by atoms with Gasteiger partial charge < -0.3 is 5.11 Å². The molecule has 7 heteroatoms. The second-order valence-electron chi connectivity index (χ2n) is 2.62. The van der Waals surface area contributed by atoms with E-state index in [1.165, 1.54) is 13.0 Å². The van der Waals surface area contributed by atoms with Crippen molar-refractivity contribution >= 4 is 67.5 Å². The molecule has 0 aromatic heterocycles. The van der Waals surface area contributed by atoms with E-state index in [4.69, 9.17) is 9.66 Å². The van der Waals surface area contributed by atoms with Gasteiger partial charge in [0.05, 0.1) is 5.75 Å². The fourth-order valence-electron chi connectivity index (χ4n) is 0.672. The first-order valence-electron chi connectivity index (χ1n) is 3.68. The van der Waals surface area contributed by atoms with Crippen molar-refractivity contribution < 1.29 is 22.9 Å². The van der Waals surface area contributed by atoms with Crippen LogP contribution in [0.5, 0.6) is 0 Å². The molecular weight excluding hydrogens is 235 g/mol. The third kappa shape index (κ3) is 10.8. The predicted octanol–water partition coefficient (Wildman–Crippen LogP) is 0.0368. The van der Waals surface area contributed by atoms with E-state index in [2.05, 4.69) is 0 Å². The average molecular weight is 248 g/mol. The van der Waals surface area contributed by atoms with Gasteiger partial charge in [-0.25, -0.2) is 4.79 Å². The minimum absolute atomic E-state index is 0. The second-order valence-corrected chi connectivity index (χ2v) is 4.19. The number of rotatable bonds is 5. The van der Waals surface area contributed by atoms with Gasteiger partial charge in [0, 0.05) is 5.57 Å². The molecule has 2 N–H and O–H groups in total. The van der Waals surface area contributed by atoms with Gasteiger partial charge in [0.15, 0.2) is 0 Å². The van der Waals surface area contributed by atoms with Gasteiger partial charge in [0.25, 0.3) is 10.1 Å². The summed E-state index contributed by atoms with van der Waals surface area (Å²) < 4.78 is 28.8. The van der Waals surface area contributed by atoms with E-state index in [1.807, 2.05) is 0 Å². The molecule has 0 atom stereocenters. The zero-order valence-corrected chi connectivity index (χ0v) is 8.04. The van der Waals surface area contributed by atoms with Crippen molar-refractivity contribution in [3.05, 3.63) is 11.6 Å². The van der Waals surface area contributed by atoms with Crippen LogP contribution in [-0.2, 0) is 14.9 Å². The third-order valence-corrected chi connectivity index (χ3v) is 2.20. The van der Waals surface area contributed by atoms with Crippen LogP contribution in [0.3, 0.4) is 0 Å². The maximum atomic E-state index is 10.3. The van der Waals surface area contributed by atoms with Gasteiger partial charge in [-0.3, -0.25) is 4.55 Å². The van der Waals surface area contributed by atoms with Crippen LogP contribution in [0.2, 0.25) is 0 Å². The van der Waals surface area contributed by atoms with Gasteiger partial charge in [0.2, 0.25) is 0 Å². The number of carboxylic acids is 1. The summed E-state index contributed by atoms with van der Waals surface area (Å²) in [5.74, 6) is -1.36. The molecule has 0 rings (SSSR count). The molecule has 0 bridgehead atoms. The first-order chi connectivity index (χ1) is 5.83. The zero-order valence-electron chi connectivity index (χ0n) is 7.23. The molecule has 0 aliphatic heterocycles. The predicted molar refractivity (Wildman–Crippen MR) is 54.2 cm³/mol. The number of carbonyl (C=O) groups is 1. The van der Waals surface area contributed by atoms with Crippen molar-refractivity contribution in [3.8, 4) is 0 Å². The summed E-state index contributed by atoms with van der Waals surface area (Å²) >= 11 is 0. The number of aliphatic carboxylic acids is 1. The molecule has 0 aliphatic rings. The third-order valence-electron chi connectivity index (χ3n) is 1.39. The first-order valence-corrected chi connectivity index (χ1v) is 5.29. The Balaban J connectivity index is 0. The molecule has 0 saturated carbocycles. The minimum atomic E-state index is -3.92. The Hall–Kier alpha value is 0.756.